The SMILES string of the molecule is COc1cccc2c1CC(N(CCCc1c[nH]c3ccc(F)cc13)C(C)C)CO2.Cl. The van der Waals surface area contributed by atoms with Gasteiger partial charge in [-0.15, -0.1) is 12.4 Å². The zero-order valence-corrected chi connectivity index (χ0v) is 18.6. The van der Waals surface area contributed by atoms with Gasteiger partial charge in [-0.3, -0.25) is 4.90 Å². The molecule has 6 heteroatoms. The minimum atomic E-state index is -0.186. The van der Waals surface area contributed by atoms with E-state index in [-0.39, 0.29) is 18.2 Å². The highest BCUT2D eigenvalue weighted by atomic mass is 35.5. The van der Waals surface area contributed by atoms with Gasteiger partial charge in [-0.1, -0.05) is 6.07 Å². The number of fused-ring (bicyclic) bond motifs is 2. The maximum Gasteiger partial charge on any atom is 0.126 e. The Bertz CT molecular complexity index is 974. The molecule has 30 heavy (non-hydrogen) atoms. The van der Waals surface area contributed by atoms with Crippen LogP contribution in [-0.4, -0.2) is 42.2 Å². The molecule has 1 aliphatic rings. The minimum absolute atomic E-state index is 0. The van der Waals surface area contributed by atoms with Gasteiger partial charge in [-0.2, -0.15) is 0 Å². The Morgan fingerprint density at radius 1 is 1.27 bits per heavy atom. The molecular weight excluding hydrogens is 403 g/mol. The van der Waals surface area contributed by atoms with Gasteiger partial charge in [-0.25, -0.2) is 4.39 Å². The number of hydrogen-bond donors (Lipinski definition) is 1. The summed E-state index contributed by atoms with van der Waals surface area (Å²) < 4.78 is 25.2. The second-order valence-corrected chi connectivity index (χ2v) is 8.04. The number of benzene rings is 2. The molecule has 3 aromatic rings. The molecule has 1 unspecified atom stereocenters. The van der Waals surface area contributed by atoms with Crippen molar-refractivity contribution in [3.8, 4) is 11.5 Å². The Kier molecular flexibility index (Phi) is 7.27. The zero-order chi connectivity index (χ0) is 20.4. The van der Waals surface area contributed by atoms with Crippen molar-refractivity contribution in [3.05, 3.63) is 59.5 Å². The molecule has 0 bridgehead atoms. The van der Waals surface area contributed by atoms with Gasteiger partial charge >= 0.3 is 0 Å². The summed E-state index contributed by atoms with van der Waals surface area (Å²) in [7, 11) is 1.71. The largest absolute Gasteiger partial charge is 0.496 e. The smallest absolute Gasteiger partial charge is 0.126 e. The van der Waals surface area contributed by atoms with Crippen molar-refractivity contribution in [3.63, 3.8) is 0 Å². The van der Waals surface area contributed by atoms with E-state index < -0.39 is 0 Å². The van der Waals surface area contributed by atoms with E-state index in [0.717, 1.165) is 53.8 Å². The Morgan fingerprint density at radius 2 is 2.10 bits per heavy atom. The zero-order valence-electron chi connectivity index (χ0n) is 17.8. The Labute approximate surface area is 183 Å². The molecule has 162 valence electrons. The van der Waals surface area contributed by atoms with E-state index in [2.05, 4.69) is 23.7 Å². The maximum atomic E-state index is 13.6. The standard InChI is InChI=1S/C24H29FN2O2.ClH/c1-16(2)27(19-13-21-23(28-3)7-4-8-24(21)29-15-19)11-5-6-17-14-26-22-10-9-18(25)12-20(17)22;/h4,7-10,12,14,16,19,26H,5-6,11,13,15H2,1-3H3;1H. The van der Waals surface area contributed by atoms with Crippen LogP contribution in [0.4, 0.5) is 4.39 Å². The number of rotatable bonds is 7. The lowest BCUT2D eigenvalue weighted by molar-refractivity contribution is 0.0904. The lowest BCUT2D eigenvalue weighted by atomic mass is 9.98. The fourth-order valence-corrected chi connectivity index (χ4v) is 4.44. The number of hydrogen-bond acceptors (Lipinski definition) is 3. The summed E-state index contributed by atoms with van der Waals surface area (Å²) >= 11 is 0. The normalized spacial score (nSPS) is 15.7. The van der Waals surface area contributed by atoms with Gasteiger partial charge < -0.3 is 14.5 Å². The van der Waals surface area contributed by atoms with Crippen LogP contribution >= 0.6 is 12.4 Å². The number of nitrogens with one attached hydrogen (secondary N) is 1. The van der Waals surface area contributed by atoms with Crippen LogP contribution in [-0.2, 0) is 12.8 Å². The number of nitrogens with zero attached hydrogens (tertiary/aromatic N) is 1. The lowest BCUT2D eigenvalue weighted by Gasteiger charge is -2.38. The van der Waals surface area contributed by atoms with Gasteiger partial charge in [0, 0.05) is 34.7 Å². The Morgan fingerprint density at radius 3 is 2.87 bits per heavy atom. The summed E-state index contributed by atoms with van der Waals surface area (Å²) in [4.78, 5) is 5.77. The second-order valence-electron chi connectivity index (χ2n) is 8.04. The molecule has 4 nitrogen and oxygen atoms in total. The van der Waals surface area contributed by atoms with Crippen molar-refractivity contribution >= 4 is 23.3 Å². The van der Waals surface area contributed by atoms with E-state index in [1.165, 1.54) is 11.6 Å². The average Bonchev–Trinajstić information content (AvgIpc) is 3.12. The molecule has 0 amide bonds. The first-order valence-electron chi connectivity index (χ1n) is 10.4. The molecule has 4 rings (SSSR count). The maximum absolute atomic E-state index is 13.6. The van der Waals surface area contributed by atoms with Gasteiger partial charge in [0.2, 0.25) is 0 Å². The molecule has 0 aliphatic carbocycles. The third kappa shape index (κ3) is 4.57. The molecule has 0 radical (unpaired) electrons. The topological polar surface area (TPSA) is 37.5 Å². The van der Waals surface area contributed by atoms with E-state index in [9.17, 15) is 4.39 Å². The van der Waals surface area contributed by atoms with Crippen LogP contribution in [0, 0.1) is 5.82 Å². The van der Waals surface area contributed by atoms with Crippen molar-refractivity contribution in [1.29, 1.82) is 0 Å². The molecule has 0 saturated carbocycles. The van der Waals surface area contributed by atoms with Gasteiger partial charge in [-0.05, 0) is 75.5 Å². The van der Waals surface area contributed by atoms with Crippen molar-refractivity contribution in [2.75, 3.05) is 20.3 Å². The first-order valence-corrected chi connectivity index (χ1v) is 10.4. The number of methoxy groups -OCH3 is 1. The van der Waals surface area contributed by atoms with Gasteiger partial charge in [0.25, 0.3) is 0 Å². The lowest BCUT2D eigenvalue weighted by Crippen LogP contribution is -2.47. The number of ether oxygens (including phenoxy) is 2. The molecule has 1 aliphatic heterocycles. The van der Waals surface area contributed by atoms with Crippen LogP contribution in [0.1, 0.15) is 31.4 Å². The van der Waals surface area contributed by atoms with Crippen LogP contribution in [0.3, 0.4) is 0 Å². The van der Waals surface area contributed by atoms with Gasteiger partial charge in [0.15, 0.2) is 0 Å². The Hall–Kier alpha value is -2.24. The van der Waals surface area contributed by atoms with Crippen LogP contribution in [0.25, 0.3) is 10.9 Å². The summed E-state index contributed by atoms with van der Waals surface area (Å²) in [6.45, 7) is 6.13. The molecule has 0 spiro atoms. The van der Waals surface area contributed by atoms with Crippen molar-refractivity contribution in [2.45, 2.75) is 45.2 Å². The third-order valence-corrected chi connectivity index (χ3v) is 5.91. The van der Waals surface area contributed by atoms with Crippen LogP contribution in [0.15, 0.2) is 42.6 Å². The molecule has 2 heterocycles. The Balaban J connectivity index is 0.00000256. The van der Waals surface area contributed by atoms with E-state index in [1.807, 2.05) is 24.4 Å². The third-order valence-electron chi connectivity index (χ3n) is 5.91. The quantitative estimate of drug-likeness (QED) is 0.544. The number of aromatic amines is 1. The summed E-state index contributed by atoms with van der Waals surface area (Å²) in [5.74, 6) is 1.65. The van der Waals surface area contributed by atoms with Crippen LogP contribution in [0.2, 0.25) is 0 Å². The molecule has 1 N–H and O–H groups in total. The fraction of sp³-hybridized carbons (Fsp3) is 0.417. The van der Waals surface area contributed by atoms with Gasteiger partial charge in [0.1, 0.15) is 23.9 Å². The van der Waals surface area contributed by atoms with Crippen molar-refractivity contribution < 1.29 is 13.9 Å². The average molecular weight is 433 g/mol. The highest BCUT2D eigenvalue weighted by Gasteiger charge is 2.28. The van der Waals surface area contributed by atoms with Crippen molar-refractivity contribution in [1.82, 2.24) is 9.88 Å². The predicted molar refractivity (Wildman–Crippen MR) is 122 cm³/mol. The van der Waals surface area contributed by atoms with Crippen LogP contribution in [0.5, 0.6) is 11.5 Å². The molecule has 0 saturated heterocycles. The molecule has 1 atom stereocenters. The molecule has 1 aromatic heterocycles. The fourth-order valence-electron chi connectivity index (χ4n) is 4.44. The monoisotopic (exact) mass is 432 g/mol. The number of H-pyrrole nitrogens is 1. The van der Waals surface area contributed by atoms with Crippen LogP contribution < -0.4 is 9.47 Å². The van der Waals surface area contributed by atoms with E-state index in [1.54, 1.807) is 19.2 Å². The number of halogens is 2. The molecular formula is C24H30ClFN2O2. The minimum Gasteiger partial charge on any atom is -0.496 e. The van der Waals surface area contributed by atoms with E-state index in [0.29, 0.717) is 18.7 Å². The number of aryl methyl sites for hydroxylation is 1. The highest BCUT2D eigenvalue weighted by molar-refractivity contribution is 5.85. The second kappa shape index (κ2) is 9.71. The highest BCUT2D eigenvalue weighted by Crippen LogP contribution is 2.34. The van der Waals surface area contributed by atoms with Gasteiger partial charge in [0.05, 0.1) is 7.11 Å². The summed E-state index contributed by atoms with van der Waals surface area (Å²) in [6.07, 6.45) is 4.86. The molecule has 2 aromatic carbocycles. The summed E-state index contributed by atoms with van der Waals surface area (Å²) in [6, 6.07) is 11.7. The van der Waals surface area contributed by atoms with E-state index in [4.69, 9.17) is 9.47 Å². The first-order chi connectivity index (χ1) is 14.1. The first kappa shape index (κ1) is 22.4. The summed E-state index contributed by atoms with van der Waals surface area (Å²) in [5, 5.41) is 0.987. The summed E-state index contributed by atoms with van der Waals surface area (Å²) in [5.41, 5.74) is 3.32. The van der Waals surface area contributed by atoms with E-state index >= 15 is 0 Å². The predicted octanol–water partition coefficient (Wildman–Crippen LogP) is 5.38. The van der Waals surface area contributed by atoms with Crippen molar-refractivity contribution in [2.24, 2.45) is 0 Å². The molecule has 0 fully saturated rings. The number of aromatic nitrogens is 1.